The number of hydrogen-bond donors (Lipinski definition) is 1. The number of halogens is 2. The third-order valence-electron chi connectivity index (χ3n) is 5.18. The smallest absolute Gasteiger partial charge is 0.255 e. The molecule has 1 saturated heterocycles. The van der Waals surface area contributed by atoms with Crippen LogP contribution >= 0.6 is 22.9 Å². The molecule has 1 atom stereocenters. The summed E-state index contributed by atoms with van der Waals surface area (Å²) < 4.78 is 13.5. The van der Waals surface area contributed by atoms with Gasteiger partial charge in [-0.1, -0.05) is 11.6 Å². The Labute approximate surface area is 171 Å². The molecule has 4 rings (SSSR count). The van der Waals surface area contributed by atoms with Crippen molar-refractivity contribution in [1.82, 2.24) is 15.2 Å². The first-order valence-corrected chi connectivity index (χ1v) is 10.7. The van der Waals surface area contributed by atoms with E-state index in [-0.39, 0.29) is 34.2 Å². The van der Waals surface area contributed by atoms with Gasteiger partial charge in [-0.05, 0) is 43.9 Å². The molecule has 1 aliphatic carbocycles. The number of piperidine rings is 1. The highest BCUT2D eigenvalue weighted by atomic mass is 35.5. The molecule has 5 nitrogen and oxygen atoms in total. The average molecular weight is 422 g/mol. The Morgan fingerprint density at radius 3 is 2.93 bits per heavy atom. The summed E-state index contributed by atoms with van der Waals surface area (Å²) >= 11 is 7.66. The van der Waals surface area contributed by atoms with E-state index in [1.165, 1.54) is 18.2 Å². The van der Waals surface area contributed by atoms with E-state index in [9.17, 15) is 14.0 Å². The van der Waals surface area contributed by atoms with Crippen molar-refractivity contribution in [2.45, 2.75) is 38.1 Å². The molecule has 2 aromatic rings. The van der Waals surface area contributed by atoms with Gasteiger partial charge in [-0.2, -0.15) is 0 Å². The van der Waals surface area contributed by atoms with E-state index in [0.717, 1.165) is 36.4 Å². The predicted molar refractivity (Wildman–Crippen MR) is 106 cm³/mol. The van der Waals surface area contributed by atoms with E-state index < -0.39 is 5.82 Å². The lowest BCUT2D eigenvalue weighted by atomic mass is 9.98. The van der Waals surface area contributed by atoms with Crippen molar-refractivity contribution in [3.05, 3.63) is 50.7 Å². The molecule has 1 N–H and O–H groups in total. The number of hydrogen-bond acceptors (Lipinski definition) is 4. The summed E-state index contributed by atoms with van der Waals surface area (Å²) in [5.41, 5.74) is 1.05. The maximum atomic E-state index is 13.5. The van der Waals surface area contributed by atoms with Crippen LogP contribution in [0.3, 0.4) is 0 Å². The summed E-state index contributed by atoms with van der Waals surface area (Å²) in [4.78, 5) is 31.0. The van der Waals surface area contributed by atoms with Gasteiger partial charge >= 0.3 is 0 Å². The molecule has 1 aliphatic heterocycles. The second-order valence-corrected chi connectivity index (χ2v) is 8.68. The molecular weight excluding hydrogens is 401 g/mol. The van der Waals surface area contributed by atoms with Gasteiger partial charge in [0.05, 0.1) is 27.8 Å². The Balaban J connectivity index is 1.40. The van der Waals surface area contributed by atoms with Crippen LogP contribution in [0.25, 0.3) is 0 Å². The molecular formula is C20H21ClFN3O2S. The van der Waals surface area contributed by atoms with E-state index in [0.29, 0.717) is 19.6 Å². The molecule has 8 heteroatoms. The van der Waals surface area contributed by atoms with Gasteiger partial charge in [0.15, 0.2) is 0 Å². The average Bonchev–Trinajstić information content (AvgIpc) is 3.45. The summed E-state index contributed by atoms with van der Waals surface area (Å²) in [6, 6.07) is 3.85. The third-order valence-corrected chi connectivity index (χ3v) is 6.56. The first kappa shape index (κ1) is 19.3. The van der Waals surface area contributed by atoms with Crippen LogP contribution in [0.5, 0.6) is 0 Å². The summed E-state index contributed by atoms with van der Waals surface area (Å²) in [6.45, 7) is 1.60. The first-order chi connectivity index (χ1) is 13.5. The number of rotatable bonds is 5. The predicted octanol–water partition coefficient (Wildman–Crippen LogP) is 3.98. The zero-order chi connectivity index (χ0) is 19.7. The van der Waals surface area contributed by atoms with Crippen LogP contribution in [0.15, 0.2) is 23.6 Å². The van der Waals surface area contributed by atoms with Crippen LogP contribution < -0.4 is 5.32 Å². The summed E-state index contributed by atoms with van der Waals surface area (Å²) in [5.74, 6) is -0.286. The molecule has 1 aromatic carbocycles. The first-order valence-electron chi connectivity index (χ1n) is 9.47. The lowest BCUT2D eigenvalue weighted by Crippen LogP contribution is -2.39. The normalized spacial score (nSPS) is 19.5. The molecule has 2 amide bonds. The van der Waals surface area contributed by atoms with E-state index in [1.807, 2.05) is 5.38 Å². The number of carbonyl (C=O) groups excluding carboxylic acids is 2. The molecule has 2 aliphatic rings. The van der Waals surface area contributed by atoms with Gasteiger partial charge in [-0.15, -0.1) is 11.3 Å². The molecule has 1 saturated carbocycles. The molecule has 2 fully saturated rings. The van der Waals surface area contributed by atoms with Crippen molar-refractivity contribution in [3.63, 3.8) is 0 Å². The molecule has 0 bridgehead atoms. The Kier molecular flexibility index (Phi) is 5.64. The van der Waals surface area contributed by atoms with Gasteiger partial charge in [-0.3, -0.25) is 9.59 Å². The number of nitrogens with zero attached hydrogens (tertiary/aromatic N) is 2. The van der Waals surface area contributed by atoms with Crippen molar-refractivity contribution in [1.29, 1.82) is 0 Å². The SMILES string of the molecule is O=C(NCc1csc(C2CCCN(C(=O)c3cc(F)ccc3Cl)C2)n1)C1CC1. The van der Waals surface area contributed by atoms with Gasteiger partial charge in [0.2, 0.25) is 5.91 Å². The van der Waals surface area contributed by atoms with Crippen LogP contribution in [-0.2, 0) is 11.3 Å². The van der Waals surface area contributed by atoms with Crippen LogP contribution in [0.1, 0.15) is 52.7 Å². The molecule has 0 radical (unpaired) electrons. The molecule has 0 spiro atoms. The van der Waals surface area contributed by atoms with Crippen molar-refractivity contribution in [2.75, 3.05) is 13.1 Å². The zero-order valence-electron chi connectivity index (χ0n) is 15.3. The summed E-state index contributed by atoms with van der Waals surface area (Å²) in [6.07, 6.45) is 3.77. The Hall–Kier alpha value is -1.99. The summed E-state index contributed by atoms with van der Waals surface area (Å²) in [5, 5.41) is 6.12. The van der Waals surface area contributed by atoms with Crippen molar-refractivity contribution >= 4 is 34.8 Å². The highest BCUT2D eigenvalue weighted by Crippen LogP contribution is 2.31. The quantitative estimate of drug-likeness (QED) is 0.794. The third kappa shape index (κ3) is 4.36. The molecule has 1 aromatic heterocycles. The minimum atomic E-state index is -0.473. The standard InChI is InChI=1S/C20H21ClFN3O2S/c21-17-6-5-14(22)8-16(17)20(27)25-7-1-2-13(10-25)19-24-15(11-28-19)9-23-18(26)12-3-4-12/h5-6,8,11-13H,1-4,7,9-10H2,(H,23,26). The molecule has 28 heavy (non-hydrogen) atoms. The Bertz CT molecular complexity index is 899. The molecule has 2 heterocycles. The van der Waals surface area contributed by atoms with E-state index in [4.69, 9.17) is 11.6 Å². The molecule has 148 valence electrons. The Morgan fingerprint density at radius 1 is 1.32 bits per heavy atom. The van der Waals surface area contributed by atoms with Crippen molar-refractivity contribution in [2.24, 2.45) is 5.92 Å². The highest BCUT2D eigenvalue weighted by Gasteiger charge is 2.30. The van der Waals surface area contributed by atoms with Crippen LogP contribution in [-0.4, -0.2) is 34.8 Å². The maximum Gasteiger partial charge on any atom is 0.255 e. The maximum absolute atomic E-state index is 13.5. The number of thiazole rings is 1. The van der Waals surface area contributed by atoms with Gasteiger partial charge in [0.1, 0.15) is 5.82 Å². The van der Waals surface area contributed by atoms with Gasteiger partial charge in [-0.25, -0.2) is 9.37 Å². The fourth-order valence-corrected chi connectivity index (χ4v) is 4.60. The second kappa shape index (κ2) is 8.17. The van der Waals surface area contributed by atoms with Gasteiger partial charge in [0.25, 0.3) is 5.91 Å². The fraction of sp³-hybridized carbons (Fsp3) is 0.450. The van der Waals surface area contributed by atoms with Crippen LogP contribution in [0, 0.1) is 11.7 Å². The lowest BCUT2D eigenvalue weighted by Gasteiger charge is -2.32. The number of aromatic nitrogens is 1. The van der Waals surface area contributed by atoms with Crippen LogP contribution in [0.2, 0.25) is 5.02 Å². The minimum absolute atomic E-state index is 0.107. The lowest BCUT2D eigenvalue weighted by molar-refractivity contribution is -0.122. The number of nitrogens with one attached hydrogen (secondary N) is 1. The van der Waals surface area contributed by atoms with Crippen molar-refractivity contribution < 1.29 is 14.0 Å². The number of carbonyl (C=O) groups is 2. The van der Waals surface area contributed by atoms with Crippen LogP contribution in [0.4, 0.5) is 4.39 Å². The van der Waals surface area contributed by atoms with Gasteiger partial charge in [0, 0.05) is 30.3 Å². The second-order valence-electron chi connectivity index (χ2n) is 7.38. The highest BCUT2D eigenvalue weighted by molar-refractivity contribution is 7.09. The van der Waals surface area contributed by atoms with E-state index in [1.54, 1.807) is 16.2 Å². The molecule has 1 unspecified atom stereocenters. The summed E-state index contributed by atoms with van der Waals surface area (Å²) in [7, 11) is 0. The zero-order valence-corrected chi connectivity index (χ0v) is 16.9. The van der Waals surface area contributed by atoms with E-state index >= 15 is 0 Å². The largest absolute Gasteiger partial charge is 0.350 e. The van der Waals surface area contributed by atoms with Gasteiger partial charge < -0.3 is 10.2 Å². The minimum Gasteiger partial charge on any atom is -0.350 e. The van der Waals surface area contributed by atoms with E-state index in [2.05, 4.69) is 10.3 Å². The fourth-order valence-electron chi connectivity index (χ4n) is 3.45. The number of likely N-dealkylation sites (tertiary alicyclic amines) is 1. The van der Waals surface area contributed by atoms with Crippen molar-refractivity contribution in [3.8, 4) is 0 Å². The Morgan fingerprint density at radius 2 is 2.14 bits per heavy atom. The number of amides is 2. The topological polar surface area (TPSA) is 62.3 Å². The monoisotopic (exact) mass is 421 g/mol. The number of benzene rings is 1.